The van der Waals surface area contributed by atoms with E-state index in [4.69, 9.17) is 0 Å². The second-order valence-corrected chi connectivity index (χ2v) is 6.62. The largest absolute Gasteiger partial charge is 0.318 e. The molecule has 0 bridgehead atoms. The van der Waals surface area contributed by atoms with Crippen molar-refractivity contribution in [3.05, 3.63) is 69.4 Å². The second kappa shape index (κ2) is 6.85. The Labute approximate surface area is 141 Å². The van der Waals surface area contributed by atoms with Crippen molar-refractivity contribution in [2.24, 2.45) is 17.3 Å². The van der Waals surface area contributed by atoms with Gasteiger partial charge in [0.25, 0.3) is 0 Å². The van der Waals surface area contributed by atoms with Crippen LogP contribution in [0.3, 0.4) is 0 Å². The van der Waals surface area contributed by atoms with Gasteiger partial charge in [0.2, 0.25) is 4.80 Å². The molecule has 0 saturated carbocycles. The lowest BCUT2D eigenvalue weighted by Gasteiger charge is -1.93. The zero-order valence-electron chi connectivity index (χ0n) is 12.0. The van der Waals surface area contributed by atoms with E-state index in [0.29, 0.717) is 0 Å². The van der Waals surface area contributed by atoms with E-state index in [-0.39, 0.29) is 0 Å². The van der Waals surface area contributed by atoms with Crippen LogP contribution in [0, 0.1) is 0 Å². The van der Waals surface area contributed by atoms with Crippen molar-refractivity contribution in [1.82, 2.24) is 4.57 Å². The van der Waals surface area contributed by atoms with Gasteiger partial charge in [-0.05, 0) is 39.7 Å². The van der Waals surface area contributed by atoms with E-state index < -0.39 is 0 Å². The van der Waals surface area contributed by atoms with Crippen molar-refractivity contribution >= 4 is 49.8 Å². The summed E-state index contributed by atoms with van der Waals surface area (Å²) in [6.07, 6.45) is 3.71. The molecule has 110 valence electrons. The normalized spacial score (nSPS) is 13.4. The van der Waals surface area contributed by atoms with Crippen molar-refractivity contribution in [1.29, 1.82) is 0 Å². The number of hydrogen-bond acceptors (Lipinski definition) is 3. The second-order valence-electron chi connectivity index (χ2n) is 4.70. The van der Waals surface area contributed by atoms with Crippen LogP contribution >= 0.6 is 27.3 Å². The van der Waals surface area contributed by atoms with E-state index in [0.717, 1.165) is 14.8 Å². The highest BCUT2D eigenvalue weighted by Gasteiger charge is 2.00. The molecule has 0 aliphatic rings. The van der Waals surface area contributed by atoms with Gasteiger partial charge in [-0.15, -0.1) is 5.10 Å². The van der Waals surface area contributed by atoms with E-state index in [1.807, 2.05) is 60.2 Å². The molecule has 2 aromatic carbocycles. The lowest BCUT2D eigenvalue weighted by atomic mass is 10.2. The summed E-state index contributed by atoms with van der Waals surface area (Å²) in [5, 5.41) is 8.47. The third-order valence-corrected chi connectivity index (χ3v) is 4.68. The predicted molar refractivity (Wildman–Crippen MR) is 98.2 cm³/mol. The van der Waals surface area contributed by atoms with Crippen LogP contribution < -0.4 is 4.80 Å². The zero-order valence-corrected chi connectivity index (χ0v) is 14.4. The van der Waals surface area contributed by atoms with Crippen LogP contribution in [0.25, 0.3) is 16.3 Å². The number of allylic oxidation sites excluding steroid dienone is 1. The SMILES string of the molecule is Cn1/c(=N/N=C/C(Br)=C/c2ccccc2)sc2ccccc21. The van der Waals surface area contributed by atoms with Gasteiger partial charge in [-0.3, -0.25) is 0 Å². The van der Waals surface area contributed by atoms with Crippen molar-refractivity contribution in [3.63, 3.8) is 0 Å². The molecule has 1 aromatic heterocycles. The molecule has 0 atom stereocenters. The number of halogens is 1. The lowest BCUT2D eigenvalue weighted by molar-refractivity contribution is 0.889. The first kappa shape index (κ1) is 14.9. The molecule has 22 heavy (non-hydrogen) atoms. The minimum atomic E-state index is 0.873. The van der Waals surface area contributed by atoms with Gasteiger partial charge < -0.3 is 4.57 Å². The fourth-order valence-electron chi connectivity index (χ4n) is 2.06. The maximum atomic E-state index is 4.30. The third-order valence-electron chi connectivity index (χ3n) is 3.14. The van der Waals surface area contributed by atoms with E-state index in [2.05, 4.69) is 38.3 Å². The zero-order chi connectivity index (χ0) is 15.4. The summed E-state index contributed by atoms with van der Waals surface area (Å²) >= 11 is 5.12. The van der Waals surface area contributed by atoms with Crippen LogP contribution in [0.15, 0.2) is 69.3 Å². The van der Waals surface area contributed by atoms with Crippen LogP contribution in [0.1, 0.15) is 5.56 Å². The Morgan fingerprint density at radius 3 is 2.59 bits per heavy atom. The summed E-state index contributed by atoms with van der Waals surface area (Å²) in [5.74, 6) is 0. The molecule has 5 heteroatoms. The summed E-state index contributed by atoms with van der Waals surface area (Å²) in [7, 11) is 2.00. The van der Waals surface area contributed by atoms with Crippen LogP contribution in [0.2, 0.25) is 0 Å². The van der Waals surface area contributed by atoms with Crippen molar-refractivity contribution < 1.29 is 0 Å². The smallest absolute Gasteiger partial charge is 0.211 e. The lowest BCUT2D eigenvalue weighted by Crippen LogP contribution is -2.08. The van der Waals surface area contributed by atoms with E-state index in [1.54, 1.807) is 17.6 Å². The van der Waals surface area contributed by atoms with Gasteiger partial charge in [-0.1, -0.05) is 53.8 Å². The number of hydrogen-bond donors (Lipinski definition) is 0. The monoisotopic (exact) mass is 371 g/mol. The molecule has 0 radical (unpaired) electrons. The maximum absolute atomic E-state index is 4.30. The number of thiazole rings is 1. The van der Waals surface area contributed by atoms with Crippen LogP contribution in [0.4, 0.5) is 0 Å². The van der Waals surface area contributed by atoms with Crippen LogP contribution in [-0.4, -0.2) is 10.8 Å². The Morgan fingerprint density at radius 2 is 1.82 bits per heavy atom. The van der Waals surface area contributed by atoms with E-state index in [1.165, 1.54) is 10.2 Å². The molecular weight excluding hydrogens is 358 g/mol. The molecule has 1 heterocycles. The van der Waals surface area contributed by atoms with Crippen LogP contribution in [0.5, 0.6) is 0 Å². The minimum absolute atomic E-state index is 0.873. The average Bonchev–Trinajstić information content (AvgIpc) is 2.85. The quantitative estimate of drug-likeness (QED) is 0.477. The first-order valence-corrected chi connectivity index (χ1v) is 8.39. The molecule has 3 nitrogen and oxygen atoms in total. The summed E-state index contributed by atoms with van der Waals surface area (Å²) < 4.78 is 4.13. The molecule has 0 aliphatic heterocycles. The first-order chi connectivity index (χ1) is 10.7. The maximum Gasteiger partial charge on any atom is 0.211 e. The Morgan fingerprint density at radius 1 is 1.09 bits per heavy atom. The van der Waals surface area contributed by atoms with E-state index >= 15 is 0 Å². The standard InChI is InChI=1S/C17H14BrN3S/c1-21-15-9-5-6-10-16(15)22-17(21)20-19-12-14(18)11-13-7-3-2-4-8-13/h2-12H,1H3/b14-11-,19-12+,20-17-. The summed E-state index contributed by atoms with van der Waals surface area (Å²) in [6.45, 7) is 0. The van der Waals surface area contributed by atoms with Gasteiger partial charge >= 0.3 is 0 Å². The molecule has 0 aliphatic carbocycles. The number of rotatable bonds is 3. The number of aryl methyl sites for hydroxylation is 1. The number of benzene rings is 2. The molecule has 0 N–H and O–H groups in total. The Hall–Kier alpha value is -1.98. The Kier molecular flexibility index (Phi) is 4.65. The highest BCUT2D eigenvalue weighted by molar-refractivity contribution is 9.12. The Bertz CT molecular complexity index is 904. The van der Waals surface area contributed by atoms with Crippen LogP contribution in [-0.2, 0) is 7.05 Å². The van der Waals surface area contributed by atoms with Gasteiger partial charge in [0.05, 0.1) is 16.4 Å². The highest BCUT2D eigenvalue weighted by atomic mass is 79.9. The topological polar surface area (TPSA) is 29.6 Å². The predicted octanol–water partition coefficient (Wildman–Crippen LogP) is 4.56. The summed E-state index contributed by atoms with van der Waals surface area (Å²) in [5.41, 5.74) is 2.29. The van der Waals surface area contributed by atoms with Gasteiger partial charge in [-0.25, -0.2) is 0 Å². The minimum Gasteiger partial charge on any atom is -0.318 e. The fraction of sp³-hybridized carbons (Fsp3) is 0.0588. The van der Waals surface area contributed by atoms with Gasteiger partial charge in [0, 0.05) is 11.5 Å². The van der Waals surface area contributed by atoms with Gasteiger partial charge in [0.1, 0.15) is 0 Å². The summed E-state index contributed by atoms with van der Waals surface area (Å²) in [6, 6.07) is 18.3. The number of para-hydroxylation sites is 1. The molecule has 3 aromatic rings. The Balaban J connectivity index is 1.86. The number of fused-ring (bicyclic) bond motifs is 1. The molecule has 0 unspecified atom stereocenters. The fourth-order valence-corrected chi connectivity index (χ4v) is 3.39. The number of nitrogens with zero attached hydrogens (tertiary/aromatic N) is 3. The van der Waals surface area contributed by atoms with Crippen molar-refractivity contribution in [2.45, 2.75) is 0 Å². The van der Waals surface area contributed by atoms with E-state index in [9.17, 15) is 0 Å². The third kappa shape index (κ3) is 3.43. The van der Waals surface area contributed by atoms with Crippen molar-refractivity contribution in [3.8, 4) is 0 Å². The molecule has 0 amide bonds. The highest BCUT2D eigenvalue weighted by Crippen LogP contribution is 2.15. The molecule has 0 spiro atoms. The van der Waals surface area contributed by atoms with Gasteiger partial charge in [0.15, 0.2) is 0 Å². The average molecular weight is 372 g/mol. The van der Waals surface area contributed by atoms with Gasteiger partial charge in [-0.2, -0.15) is 5.10 Å². The molecule has 3 rings (SSSR count). The first-order valence-electron chi connectivity index (χ1n) is 6.78. The molecule has 0 saturated heterocycles. The van der Waals surface area contributed by atoms with Crippen molar-refractivity contribution in [2.75, 3.05) is 0 Å². The summed E-state index contributed by atoms with van der Waals surface area (Å²) in [4.78, 5) is 0.873. The molecule has 0 fully saturated rings. The molecular formula is C17H14BrN3S. The number of aromatic nitrogens is 1.